The van der Waals surface area contributed by atoms with Crippen molar-refractivity contribution in [3.8, 4) is 17.4 Å². The number of halogens is 4. The molecule has 2 aromatic carbocycles. The number of hydrogen-bond acceptors (Lipinski definition) is 6. The van der Waals surface area contributed by atoms with E-state index in [0.29, 0.717) is 35.9 Å². The summed E-state index contributed by atoms with van der Waals surface area (Å²) >= 11 is 0. The molecule has 2 fully saturated rings. The van der Waals surface area contributed by atoms with E-state index in [2.05, 4.69) is 19.9 Å². The van der Waals surface area contributed by atoms with E-state index in [1.54, 1.807) is 41.8 Å². The standard InChI is InChI=1S/C27H21F4N5O/c1-37-23-8-14(5-21(29)25(23)31)17-12-36(13-17)22-7-15(6-20(28)24(22)30)18-9-19(18)16-10-34-27(35-11-16)26-32-3-2-4-33-26/h2-8,10-11,17-19H,9,12-13H2,1H3/t18-,19-/m0/s1. The normalized spacial score (nSPS) is 19.0. The van der Waals surface area contributed by atoms with Crippen molar-refractivity contribution in [3.63, 3.8) is 0 Å². The molecule has 6 nitrogen and oxygen atoms in total. The average molecular weight is 507 g/mol. The summed E-state index contributed by atoms with van der Waals surface area (Å²) < 4.78 is 61.9. The summed E-state index contributed by atoms with van der Waals surface area (Å²) in [4.78, 5) is 18.7. The first-order chi connectivity index (χ1) is 17.9. The predicted molar refractivity (Wildman–Crippen MR) is 127 cm³/mol. The fourth-order valence-electron chi connectivity index (χ4n) is 4.88. The van der Waals surface area contributed by atoms with Crippen LogP contribution in [0.15, 0.2) is 55.1 Å². The van der Waals surface area contributed by atoms with Crippen molar-refractivity contribution in [3.05, 3.63) is 95.1 Å². The summed E-state index contributed by atoms with van der Waals surface area (Å²) in [6, 6.07) is 7.20. The van der Waals surface area contributed by atoms with Crippen LogP contribution < -0.4 is 9.64 Å². The number of ether oxygens (including phenoxy) is 1. The number of nitrogens with zero attached hydrogens (tertiary/aromatic N) is 5. The Balaban J connectivity index is 1.17. The highest BCUT2D eigenvalue weighted by Crippen LogP contribution is 2.55. The molecule has 0 bridgehead atoms. The zero-order valence-corrected chi connectivity index (χ0v) is 19.7. The Morgan fingerprint density at radius 3 is 2.08 bits per heavy atom. The lowest BCUT2D eigenvalue weighted by Crippen LogP contribution is -2.45. The van der Waals surface area contributed by atoms with Gasteiger partial charge in [0.1, 0.15) is 0 Å². The van der Waals surface area contributed by atoms with Gasteiger partial charge in [0.05, 0.1) is 12.8 Å². The Hall–Kier alpha value is -4.08. The average Bonchev–Trinajstić information content (AvgIpc) is 3.69. The van der Waals surface area contributed by atoms with Gasteiger partial charge < -0.3 is 9.64 Å². The molecule has 1 saturated carbocycles. The maximum absolute atomic E-state index is 14.7. The SMILES string of the molecule is COc1cc(C2CN(c3cc([C@@H]4C[C@H]4c4cnc(-c5ncccn5)nc4)cc(F)c3F)C2)cc(F)c1F. The van der Waals surface area contributed by atoms with Crippen LogP contribution in [0, 0.1) is 23.3 Å². The van der Waals surface area contributed by atoms with E-state index >= 15 is 0 Å². The van der Waals surface area contributed by atoms with Crippen LogP contribution in [0.4, 0.5) is 23.2 Å². The summed E-state index contributed by atoms with van der Waals surface area (Å²) in [5.41, 5.74) is 2.33. The van der Waals surface area contributed by atoms with Gasteiger partial charge in [0, 0.05) is 43.8 Å². The van der Waals surface area contributed by atoms with E-state index < -0.39 is 23.3 Å². The molecule has 0 radical (unpaired) electrons. The predicted octanol–water partition coefficient (Wildman–Crippen LogP) is 5.37. The molecular weight excluding hydrogens is 486 g/mol. The van der Waals surface area contributed by atoms with Gasteiger partial charge in [0.25, 0.3) is 0 Å². The Morgan fingerprint density at radius 2 is 1.38 bits per heavy atom. The van der Waals surface area contributed by atoms with Gasteiger partial charge in [0.15, 0.2) is 34.8 Å². The third-order valence-electron chi connectivity index (χ3n) is 7.05. The monoisotopic (exact) mass is 507 g/mol. The Kier molecular flexibility index (Phi) is 5.73. The molecule has 0 N–H and O–H groups in total. The Morgan fingerprint density at radius 1 is 0.757 bits per heavy atom. The van der Waals surface area contributed by atoms with E-state index in [4.69, 9.17) is 4.74 Å². The summed E-state index contributed by atoms with van der Waals surface area (Å²) in [6.45, 7) is 0.692. The van der Waals surface area contributed by atoms with Gasteiger partial charge >= 0.3 is 0 Å². The number of methoxy groups -OCH3 is 1. The zero-order valence-electron chi connectivity index (χ0n) is 19.7. The molecule has 6 rings (SSSR count). The summed E-state index contributed by atoms with van der Waals surface area (Å²) in [7, 11) is 1.27. The smallest absolute Gasteiger partial charge is 0.200 e. The number of rotatable bonds is 6. The van der Waals surface area contributed by atoms with Crippen LogP contribution in [-0.4, -0.2) is 40.1 Å². The lowest BCUT2D eigenvalue weighted by atomic mass is 9.90. The highest BCUT2D eigenvalue weighted by molar-refractivity contribution is 5.56. The quantitative estimate of drug-likeness (QED) is 0.327. The lowest BCUT2D eigenvalue weighted by Gasteiger charge is -2.41. The topological polar surface area (TPSA) is 64.0 Å². The van der Waals surface area contributed by atoms with Crippen LogP contribution >= 0.6 is 0 Å². The third kappa shape index (κ3) is 4.26. The molecule has 1 aliphatic carbocycles. The molecule has 0 unspecified atom stereocenters. The zero-order chi connectivity index (χ0) is 25.7. The minimum Gasteiger partial charge on any atom is -0.494 e. The second-order valence-electron chi connectivity index (χ2n) is 9.32. The Bertz CT molecular complexity index is 1460. The third-order valence-corrected chi connectivity index (χ3v) is 7.05. The first kappa shape index (κ1) is 23.3. The maximum atomic E-state index is 14.7. The van der Waals surface area contributed by atoms with Crippen molar-refractivity contribution in [2.45, 2.75) is 24.2 Å². The van der Waals surface area contributed by atoms with Crippen LogP contribution in [0.3, 0.4) is 0 Å². The molecule has 0 amide bonds. The largest absolute Gasteiger partial charge is 0.494 e. The molecule has 4 aromatic rings. The Labute approximate surface area is 210 Å². The minimum absolute atomic E-state index is 0.0174. The van der Waals surface area contributed by atoms with Gasteiger partial charge in [-0.25, -0.2) is 33.1 Å². The summed E-state index contributed by atoms with van der Waals surface area (Å²) in [6.07, 6.45) is 7.45. The number of aromatic nitrogens is 4. The van der Waals surface area contributed by atoms with Gasteiger partial charge in [-0.05, 0) is 65.3 Å². The first-order valence-electron chi connectivity index (χ1n) is 11.8. The van der Waals surface area contributed by atoms with Gasteiger partial charge in [-0.15, -0.1) is 0 Å². The molecular formula is C27H21F4N5O. The van der Waals surface area contributed by atoms with Crippen molar-refractivity contribution in [1.29, 1.82) is 0 Å². The molecule has 1 aliphatic heterocycles. The molecule has 2 aliphatic rings. The molecule has 0 spiro atoms. The lowest BCUT2D eigenvalue weighted by molar-refractivity contribution is 0.369. The summed E-state index contributed by atoms with van der Waals surface area (Å²) in [5.74, 6) is -3.25. The first-order valence-corrected chi connectivity index (χ1v) is 11.8. The summed E-state index contributed by atoms with van der Waals surface area (Å²) in [5, 5.41) is 0. The van der Waals surface area contributed by atoms with Gasteiger partial charge in [-0.3, -0.25) is 0 Å². The van der Waals surface area contributed by atoms with Crippen molar-refractivity contribution >= 4 is 5.69 Å². The highest BCUT2D eigenvalue weighted by atomic mass is 19.2. The fraction of sp³-hybridized carbons (Fsp3) is 0.259. The molecule has 2 atom stereocenters. The molecule has 10 heteroatoms. The van der Waals surface area contributed by atoms with Crippen molar-refractivity contribution in [2.24, 2.45) is 0 Å². The molecule has 188 valence electrons. The van der Waals surface area contributed by atoms with Crippen LogP contribution in [0.5, 0.6) is 5.75 Å². The number of anilines is 1. The number of hydrogen-bond donors (Lipinski definition) is 0. The second-order valence-corrected chi connectivity index (χ2v) is 9.32. The minimum atomic E-state index is -1.05. The number of benzene rings is 2. The van der Waals surface area contributed by atoms with Gasteiger partial charge in [-0.2, -0.15) is 4.39 Å². The van der Waals surface area contributed by atoms with Crippen molar-refractivity contribution < 1.29 is 22.3 Å². The van der Waals surface area contributed by atoms with Crippen LogP contribution in [0.2, 0.25) is 0 Å². The van der Waals surface area contributed by atoms with Gasteiger partial charge in [-0.1, -0.05) is 0 Å². The molecule has 37 heavy (non-hydrogen) atoms. The van der Waals surface area contributed by atoms with Crippen LogP contribution in [-0.2, 0) is 0 Å². The van der Waals surface area contributed by atoms with E-state index in [9.17, 15) is 17.6 Å². The van der Waals surface area contributed by atoms with Crippen LogP contribution in [0.1, 0.15) is 40.9 Å². The van der Waals surface area contributed by atoms with Gasteiger partial charge in [0.2, 0.25) is 5.82 Å². The van der Waals surface area contributed by atoms with E-state index in [1.165, 1.54) is 19.2 Å². The van der Waals surface area contributed by atoms with E-state index in [0.717, 1.165) is 18.1 Å². The van der Waals surface area contributed by atoms with Crippen molar-refractivity contribution in [2.75, 3.05) is 25.1 Å². The second kappa shape index (κ2) is 9.10. The molecule has 1 saturated heterocycles. The molecule has 2 aromatic heterocycles. The van der Waals surface area contributed by atoms with E-state index in [1.807, 2.05) is 0 Å². The molecule has 3 heterocycles. The van der Waals surface area contributed by atoms with Crippen LogP contribution in [0.25, 0.3) is 11.6 Å². The van der Waals surface area contributed by atoms with Crippen molar-refractivity contribution in [1.82, 2.24) is 19.9 Å². The maximum Gasteiger partial charge on any atom is 0.200 e. The van der Waals surface area contributed by atoms with E-state index in [-0.39, 0.29) is 29.2 Å². The fourth-order valence-corrected chi connectivity index (χ4v) is 4.88. The highest BCUT2D eigenvalue weighted by Gasteiger charge is 2.41.